The Morgan fingerprint density at radius 2 is 1.81 bits per heavy atom. The normalized spacial score (nSPS) is 16.1. The first-order valence-corrected chi connectivity index (χ1v) is 10.1. The molecule has 0 radical (unpaired) electrons. The van der Waals surface area contributed by atoms with Crippen molar-refractivity contribution in [3.63, 3.8) is 0 Å². The minimum Gasteiger partial charge on any atom is -0.466 e. The van der Waals surface area contributed by atoms with Crippen LogP contribution in [0.5, 0.6) is 0 Å². The third kappa shape index (κ3) is 3.53. The van der Waals surface area contributed by atoms with Crippen LogP contribution in [0.25, 0.3) is 10.8 Å². The number of benzene rings is 3. The van der Waals surface area contributed by atoms with E-state index in [1.54, 1.807) is 11.1 Å². The van der Waals surface area contributed by atoms with Gasteiger partial charge < -0.3 is 15.4 Å². The molecule has 0 aliphatic carbocycles. The standard InChI is InChI=1S/C26H23N3O2/c1-3-17-11-13-19(14-12-17)29-16-23(26(30)31-2)24(22(15-27)25(29)28)21-10-6-8-18-7-4-5-9-20(18)21/h4-14,16,24H,3,28H2,1-2H3. The number of anilines is 1. The van der Waals surface area contributed by atoms with Crippen molar-refractivity contribution < 1.29 is 9.53 Å². The number of esters is 1. The average molecular weight is 409 g/mol. The van der Waals surface area contributed by atoms with Crippen molar-refractivity contribution in [3.05, 3.63) is 101 Å². The van der Waals surface area contributed by atoms with Gasteiger partial charge in [-0.1, -0.05) is 61.5 Å². The Balaban J connectivity index is 1.93. The van der Waals surface area contributed by atoms with Crippen molar-refractivity contribution in [3.8, 4) is 6.07 Å². The molecule has 2 N–H and O–H groups in total. The van der Waals surface area contributed by atoms with Crippen LogP contribution in [0, 0.1) is 11.3 Å². The molecule has 5 nitrogen and oxygen atoms in total. The third-order valence-corrected chi connectivity index (χ3v) is 5.70. The van der Waals surface area contributed by atoms with Crippen molar-refractivity contribution in [2.75, 3.05) is 12.0 Å². The summed E-state index contributed by atoms with van der Waals surface area (Å²) in [5.41, 5.74) is 9.99. The van der Waals surface area contributed by atoms with Gasteiger partial charge in [0.1, 0.15) is 5.82 Å². The molecule has 0 spiro atoms. The predicted molar refractivity (Wildman–Crippen MR) is 122 cm³/mol. The van der Waals surface area contributed by atoms with Gasteiger partial charge in [-0.3, -0.25) is 0 Å². The SMILES string of the molecule is CCc1ccc(N2C=C(C(=O)OC)C(c3cccc4ccccc34)C(C#N)=C2N)cc1. The molecule has 4 rings (SSSR count). The van der Waals surface area contributed by atoms with Gasteiger partial charge in [0.15, 0.2) is 0 Å². The predicted octanol–water partition coefficient (Wildman–Crippen LogP) is 4.76. The van der Waals surface area contributed by atoms with Crippen LogP contribution in [0.1, 0.15) is 24.0 Å². The number of carbonyl (C=O) groups excluding carboxylic acids is 1. The summed E-state index contributed by atoms with van der Waals surface area (Å²) in [7, 11) is 1.34. The van der Waals surface area contributed by atoms with Gasteiger partial charge in [0.25, 0.3) is 0 Å². The van der Waals surface area contributed by atoms with Gasteiger partial charge in [-0.2, -0.15) is 5.26 Å². The Morgan fingerprint density at radius 1 is 1.10 bits per heavy atom. The highest BCUT2D eigenvalue weighted by Gasteiger charge is 2.35. The van der Waals surface area contributed by atoms with Crippen molar-refractivity contribution >= 4 is 22.4 Å². The zero-order valence-corrected chi connectivity index (χ0v) is 17.5. The first-order valence-electron chi connectivity index (χ1n) is 10.1. The number of hydrogen-bond donors (Lipinski definition) is 1. The monoisotopic (exact) mass is 409 g/mol. The van der Waals surface area contributed by atoms with E-state index < -0.39 is 11.9 Å². The molecule has 1 aliphatic rings. The number of rotatable bonds is 4. The Kier molecular flexibility index (Phi) is 5.46. The van der Waals surface area contributed by atoms with Gasteiger partial charge >= 0.3 is 5.97 Å². The van der Waals surface area contributed by atoms with Crippen LogP contribution in [0.4, 0.5) is 5.69 Å². The second kappa shape index (κ2) is 8.37. The molecule has 0 bridgehead atoms. The van der Waals surface area contributed by atoms with Gasteiger partial charge in [-0.05, 0) is 40.5 Å². The highest BCUT2D eigenvalue weighted by Crippen LogP contribution is 2.41. The van der Waals surface area contributed by atoms with Crippen molar-refractivity contribution in [1.82, 2.24) is 0 Å². The van der Waals surface area contributed by atoms with E-state index in [1.807, 2.05) is 66.7 Å². The van der Waals surface area contributed by atoms with Gasteiger partial charge in [0.2, 0.25) is 0 Å². The first kappa shape index (κ1) is 20.2. The highest BCUT2D eigenvalue weighted by molar-refractivity contribution is 5.96. The lowest BCUT2D eigenvalue weighted by Crippen LogP contribution is -2.33. The van der Waals surface area contributed by atoms with E-state index in [-0.39, 0.29) is 0 Å². The maximum Gasteiger partial charge on any atom is 0.336 e. The molecule has 1 heterocycles. The van der Waals surface area contributed by atoms with Crippen molar-refractivity contribution in [2.24, 2.45) is 5.73 Å². The van der Waals surface area contributed by atoms with Crippen molar-refractivity contribution in [2.45, 2.75) is 19.3 Å². The lowest BCUT2D eigenvalue weighted by molar-refractivity contribution is -0.136. The lowest BCUT2D eigenvalue weighted by Gasteiger charge is -2.32. The Hall–Kier alpha value is -4.04. The molecule has 1 atom stereocenters. The summed E-state index contributed by atoms with van der Waals surface area (Å²) < 4.78 is 5.10. The number of nitrogens with zero attached hydrogens (tertiary/aromatic N) is 2. The summed E-state index contributed by atoms with van der Waals surface area (Å²) in [6, 6.07) is 23.9. The molecule has 0 aromatic heterocycles. The number of carbonyl (C=O) groups is 1. The fourth-order valence-corrected chi connectivity index (χ4v) is 4.06. The van der Waals surface area contributed by atoms with Gasteiger partial charge in [0, 0.05) is 11.9 Å². The molecule has 5 heteroatoms. The lowest BCUT2D eigenvalue weighted by atomic mass is 9.81. The average Bonchev–Trinajstić information content (AvgIpc) is 2.83. The molecule has 154 valence electrons. The molecule has 31 heavy (non-hydrogen) atoms. The van der Waals surface area contributed by atoms with E-state index in [0.717, 1.165) is 28.4 Å². The van der Waals surface area contributed by atoms with Crippen molar-refractivity contribution in [1.29, 1.82) is 5.26 Å². The zero-order valence-electron chi connectivity index (χ0n) is 17.5. The number of allylic oxidation sites excluding steroid dienone is 1. The van der Waals surface area contributed by atoms with E-state index in [4.69, 9.17) is 10.5 Å². The third-order valence-electron chi connectivity index (χ3n) is 5.70. The van der Waals surface area contributed by atoms with E-state index in [0.29, 0.717) is 17.0 Å². The fraction of sp³-hybridized carbons (Fsp3) is 0.154. The van der Waals surface area contributed by atoms with Gasteiger partial charge in [0.05, 0.1) is 30.2 Å². The highest BCUT2D eigenvalue weighted by atomic mass is 16.5. The van der Waals surface area contributed by atoms with Crippen LogP contribution in [-0.2, 0) is 16.0 Å². The maximum absolute atomic E-state index is 12.8. The topological polar surface area (TPSA) is 79.3 Å². The van der Waals surface area contributed by atoms with Gasteiger partial charge in [-0.15, -0.1) is 0 Å². The number of fused-ring (bicyclic) bond motifs is 1. The van der Waals surface area contributed by atoms with Gasteiger partial charge in [-0.25, -0.2) is 4.79 Å². The number of nitrogens with two attached hydrogens (primary N) is 1. The van der Waals surface area contributed by atoms with Crippen LogP contribution < -0.4 is 10.6 Å². The van der Waals surface area contributed by atoms with Crippen LogP contribution in [0.3, 0.4) is 0 Å². The zero-order chi connectivity index (χ0) is 22.0. The molecular formula is C26H23N3O2. The number of methoxy groups -OCH3 is 1. The minimum absolute atomic E-state index is 0.303. The number of aryl methyl sites for hydroxylation is 1. The summed E-state index contributed by atoms with van der Waals surface area (Å²) in [6.07, 6.45) is 2.61. The molecule has 0 amide bonds. The minimum atomic E-state index is -0.616. The van der Waals surface area contributed by atoms with Crippen LogP contribution >= 0.6 is 0 Å². The summed E-state index contributed by atoms with van der Waals surface area (Å²) in [6.45, 7) is 2.09. The molecule has 3 aromatic carbocycles. The van der Waals surface area contributed by atoms with Crippen LogP contribution in [0.15, 0.2) is 89.9 Å². The molecule has 1 aliphatic heterocycles. The molecule has 0 fully saturated rings. The fourth-order valence-electron chi connectivity index (χ4n) is 4.06. The Labute approximate surface area is 181 Å². The molecule has 0 saturated carbocycles. The maximum atomic E-state index is 12.8. The summed E-state index contributed by atoms with van der Waals surface area (Å²) in [5, 5.41) is 12.1. The first-order chi connectivity index (χ1) is 15.1. The summed E-state index contributed by atoms with van der Waals surface area (Å²) in [4.78, 5) is 14.5. The molecule has 3 aromatic rings. The number of nitriles is 1. The molecular weight excluding hydrogens is 386 g/mol. The number of hydrogen-bond acceptors (Lipinski definition) is 5. The summed E-state index contributed by atoms with van der Waals surface area (Å²) >= 11 is 0. The Bertz CT molecular complexity index is 1240. The molecule has 0 saturated heterocycles. The smallest absolute Gasteiger partial charge is 0.336 e. The van der Waals surface area contributed by atoms with E-state index in [9.17, 15) is 10.1 Å². The second-order valence-electron chi connectivity index (χ2n) is 7.38. The second-order valence-corrected chi connectivity index (χ2v) is 7.38. The van der Waals surface area contributed by atoms with E-state index in [2.05, 4.69) is 13.0 Å². The van der Waals surface area contributed by atoms with Crippen LogP contribution in [-0.4, -0.2) is 13.1 Å². The largest absolute Gasteiger partial charge is 0.466 e. The van der Waals surface area contributed by atoms with E-state index >= 15 is 0 Å². The van der Waals surface area contributed by atoms with E-state index in [1.165, 1.54) is 12.7 Å². The molecule has 1 unspecified atom stereocenters. The quantitative estimate of drug-likeness (QED) is 0.629. The van der Waals surface area contributed by atoms with Crippen LogP contribution in [0.2, 0.25) is 0 Å². The number of ether oxygens (including phenoxy) is 1. The Morgan fingerprint density at radius 3 is 2.48 bits per heavy atom. The summed E-state index contributed by atoms with van der Waals surface area (Å²) in [5.74, 6) is -0.805.